The van der Waals surface area contributed by atoms with Gasteiger partial charge in [-0.25, -0.2) is 29.1 Å². The monoisotopic (exact) mass is 910 g/mol. The van der Waals surface area contributed by atoms with Gasteiger partial charge in [-0.1, -0.05) is 48.6 Å². The number of hydrogen-bond acceptors (Lipinski definition) is 10. The Morgan fingerprint density at radius 2 is 0.574 bits per heavy atom. The van der Waals surface area contributed by atoms with Crippen LogP contribution in [-0.2, 0) is 19.2 Å². The number of aromatic nitrogens is 4. The van der Waals surface area contributed by atoms with Crippen LogP contribution in [0.5, 0.6) is 23.0 Å². The second kappa shape index (κ2) is 19.0. The molecule has 0 amide bonds. The molecule has 2 aliphatic heterocycles. The molecule has 338 valence electrons. The molecule has 5 heterocycles. The average Bonchev–Trinajstić information content (AvgIpc) is 4.16. The fraction of sp³-hybridized carbons (Fsp3) is 0.0769. The van der Waals surface area contributed by atoms with Gasteiger partial charge in [-0.15, -0.1) is 0 Å². The molecule has 0 atom stereocenters. The zero-order chi connectivity index (χ0) is 47.3. The molecule has 4 aliphatic carbocycles. The molecule has 3 aromatic heterocycles. The van der Waals surface area contributed by atoms with E-state index in [0.29, 0.717) is 90.1 Å². The van der Waals surface area contributed by atoms with Crippen LogP contribution in [0.15, 0.2) is 168 Å². The lowest BCUT2D eigenvalue weighted by Gasteiger charge is -2.17. The Kier molecular flexibility index (Phi) is 12.2. The summed E-state index contributed by atoms with van der Waals surface area (Å²) in [6.07, 6.45) is 35.8. The number of aliphatic carboxylic acids is 4. The topological polar surface area (TPSA) is 243 Å². The molecule has 0 radical (unpaired) electrons. The number of H-pyrrole nitrogens is 2. The van der Waals surface area contributed by atoms with Gasteiger partial charge in [0, 0.05) is 24.3 Å². The summed E-state index contributed by atoms with van der Waals surface area (Å²) < 4.78 is 26.6. The summed E-state index contributed by atoms with van der Waals surface area (Å²) in [6, 6.07) is 7.18. The van der Waals surface area contributed by atoms with E-state index in [2.05, 4.69) is 9.97 Å². The number of carbonyl (C=O) groups is 4. The van der Waals surface area contributed by atoms with Crippen molar-refractivity contribution < 1.29 is 58.6 Å². The first-order chi connectivity index (χ1) is 32.9. The molecule has 3 aromatic rings. The molecule has 8 bridgehead atoms. The highest BCUT2D eigenvalue weighted by molar-refractivity contribution is 5.88. The second-order valence-corrected chi connectivity index (χ2v) is 15.5. The Balaban J connectivity index is 1.25. The molecule has 9 rings (SSSR count). The van der Waals surface area contributed by atoms with Gasteiger partial charge >= 0.3 is 23.9 Å². The third-order valence-electron chi connectivity index (χ3n) is 10.6. The normalized spacial score (nSPS) is 19.5. The Labute approximate surface area is 385 Å². The van der Waals surface area contributed by atoms with Gasteiger partial charge in [-0.05, 0) is 119 Å². The lowest BCUT2D eigenvalue weighted by Crippen LogP contribution is -2.14. The zero-order valence-electron chi connectivity index (χ0n) is 35.4. The van der Waals surface area contributed by atoms with Crippen LogP contribution in [0.1, 0.15) is 22.8 Å². The van der Waals surface area contributed by atoms with Crippen LogP contribution in [-0.4, -0.2) is 88.7 Å². The first kappa shape index (κ1) is 43.8. The molecular weight excluding hydrogens is 873 g/mol. The maximum absolute atomic E-state index is 11.4. The maximum Gasteiger partial charge on any atom is 0.328 e. The number of carboxylic acids is 4. The summed E-state index contributed by atoms with van der Waals surface area (Å²) in [6.45, 7) is 0. The first-order valence-electron chi connectivity index (χ1n) is 21.0. The predicted molar refractivity (Wildman–Crippen MR) is 253 cm³/mol. The van der Waals surface area contributed by atoms with E-state index in [1.807, 2.05) is 0 Å². The van der Waals surface area contributed by atoms with Gasteiger partial charge in [0.1, 0.15) is 47.2 Å². The van der Waals surface area contributed by atoms with Gasteiger partial charge in [-0.3, -0.25) is 0 Å². The van der Waals surface area contributed by atoms with Gasteiger partial charge in [-0.2, -0.15) is 0 Å². The van der Waals surface area contributed by atoms with Crippen LogP contribution >= 0.6 is 0 Å². The van der Waals surface area contributed by atoms with Gasteiger partial charge in [0.15, 0.2) is 23.0 Å². The van der Waals surface area contributed by atoms with E-state index < -0.39 is 48.3 Å². The highest BCUT2D eigenvalue weighted by Crippen LogP contribution is 2.38. The molecule has 0 spiro atoms. The minimum absolute atomic E-state index is 0.322. The van der Waals surface area contributed by atoms with Gasteiger partial charge < -0.3 is 49.3 Å². The molecule has 0 aromatic carbocycles. The van der Waals surface area contributed by atoms with Crippen LogP contribution in [0.2, 0.25) is 0 Å². The van der Waals surface area contributed by atoms with E-state index in [4.69, 9.17) is 28.9 Å². The van der Waals surface area contributed by atoms with E-state index in [0.717, 1.165) is 24.3 Å². The van der Waals surface area contributed by atoms with Crippen molar-refractivity contribution in [1.82, 2.24) is 19.9 Å². The quantitative estimate of drug-likeness (QED) is 0.0647. The van der Waals surface area contributed by atoms with E-state index in [1.165, 1.54) is 0 Å². The molecule has 0 saturated carbocycles. The van der Waals surface area contributed by atoms with Crippen LogP contribution in [0.3, 0.4) is 0 Å². The Hall–Kier alpha value is -9.44. The van der Waals surface area contributed by atoms with Crippen molar-refractivity contribution in [2.75, 3.05) is 0 Å². The minimum Gasteiger partial charge on any atom is -0.478 e. The number of nitrogens with one attached hydrogen (secondary N) is 2. The smallest absolute Gasteiger partial charge is 0.328 e. The number of nitrogens with zero attached hydrogens (tertiary/aromatic N) is 2. The lowest BCUT2D eigenvalue weighted by molar-refractivity contribution is -0.132. The van der Waals surface area contributed by atoms with Crippen molar-refractivity contribution in [3.05, 3.63) is 191 Å². The highest BCUT2D eigenvalue weighted by atomic mass is 16.5. The average molecular weight is 911 g/mol. The van der Waals surface area contributed by atoms with Crippen molar-refractivity contribution in [3.63, 3.8) is 0 Å². The second-order valence-electron chi connectivity index (χ2n) is 15.5. The maximum atomic E-state index is 11.4. The number of rotatable bonds is 12. The van der Waals surface area contributed by atoms with Crippen LogP contribution < -0.4 is 18.9 Å². The standard InChI is InChI=1S/C52H38N4O12/c57-45(58)25-29-1-9-33(10-2-29)65-49-37-17-19-39(53-37)50(66-34-11-3-30(4-12-34)26-46(59)60)41-21-23-43(55-41)52(68-36-15-7-32(8-16-36)28-48(63)64)44-24-22-42(56-44)51(40-20-18-38(49)54-40)67-35-13-5-31(6-14-35)27-47(61)62/h1-28,33-36,53,56H,(H,57,58)(H,59,60)(H,61,62)(H,63,64). The minimum atomic E-state index is -1.09. The van der Waals surface area contributed by atoms with Crippen LogP contribution in [0.4, 0.5) is 0 Å². The van der Waals surface area contributed by atoms with Gasteiger partial charge in [0.2, 0.25) is 0 Å². The Bertz CT molecular complexity index is 2800. The number of ether oxygens (including phenoxy) is 4. The summed E-state index contributed by atoms with van der Waals surface area (Å²) in [7, 11) is 0. The van der Waals surface area contributed by atoms with E-state index in [-0.39, 0.29) is 0 Å². The van der Waals surface area contributed by atoms with E-state index >= 15 is 0 Å². The third kappa shape index (κ3) is 10.2. The number of aromatic amines is 2. The SMILES string of the molecule is O=C(O)C=C1C=CC(Oc2c3nc(c(OC4C=CC(=CC(=O)O)C=C4)c4ccc([nH]4)c(OC4C=CC(=CC(=O)O)C=C4)c4nc(c(OC5C=CC(=CC(=O)O)C=C5)c5ccc2[nH]5)C=C4)C=C3)C=C1. The summed E-state index contributed by atoms with van der Waals surface area (Å²) in [4.78, 5) is 62.5. The van der Waals surface area contributed by atoms with E-state index in [9.17, 15) is 39.6 Å². The van der Waals surface area contributed by atoms with Crippen LogP contribution in [0, 0.1) is 0 Å². The summed E-state index contributed by atoms with van der Waals surface area (Å²) in [5, 5.41) is 37.2. The van der Waals surface area contributed by atoms with Gasteiger partial charge in [0.25, 0.3) is 0 Å². The largest absolute Gasteiger partial charge is 0.478 e. The molecule has 0 saturated heterocycles. The van der Waals surface area contributed by atoms with Crippen molar-refractivity contribution >= 4 is 70.2 Å². The molecule has 6 aliphatic rings. The first-order valence-corrected chi connectivity index (χ1v) is 21.0. The summed E-state index contributed by atoms with van der Waals surface area (Å²) in [5.74, 6) is -3.06. The molecule has 6 N–H and O–H groups in total. The molecule has 0 fully saturated rings. The number of fused-ring (bicyclic) bond motifs is 8. The molecule has 16 nitrogen and oxygen atoms in total. The van der Waals surface area contributed by atoms with Gasteiger partial charge in [0.05, 0.1) is 22.1 Å². The van der Waals surface area contributed by atoms with Crippen molar-refractivity contribution in [3.8, 4) is 23.0 Å². The molecule has 68 heavy (non-hydrogen) atoms. The predicted octanol–water partition coefficient (Wildman–Crippen LogP) is 8.19. The number of allylic oxidation sites excluding steroid dienone is 12. The third-order valence-corrected chi connectivity index (χ3v) is 10.6. The lowest BCUT2D eigenvalue weighted by atomic mass is 10.1. The fourth-order valence-electron chi connectivity index (χ4n) is 7.54. The van der Waals surface area contributed by atoms with Crippen molar-refractivity contribution in [2.45, 2.75) is 24.4 Å². The van der Waals surface area contributed by atoms with Crippen molar-refractivity contribution in [1.29, 1.82) is 0 Å². The van der Waals surface area contributed by atoms with Crippen LogP contribution in [0.25, 0.3) is 46.4 Å². The molecule has 0 unspecified atom stereocenters. The summed E-state index contributed by atoms with van der Waals surface area (Å²) in [5.41, 5.74) is 5.46. The summed E-state index contributed by atoms with van der Waals surface area (Å²) >= 11 is 0. The zero-order valence-corrected chi connectivity index (χ0v) is 35.4. The number of hydrogen-bond donors (Lipinski definition) is 6. The highest BCUT2D eigenvalue weighted by Gasteiger charge is 2.23. The number of carboxylic acid groups (broad SMARTS) is 4. The fourth-order valence-corrected chi connectivity index (χ4v) is 7.54. The van der Waals surface area contributed by atoms with Crippen molar-refractivity contribution in [2.24, 2.45) is 0 Å². The molecule has 16 heteroatoms. The van der Waals surface area contributed by atoms with E-state index in [1.54, 1.807) is 146 Å². The Morgan fingerprint density at radius 3 is 0.765 bits per heavy atom. The molecular formula is C52H38N4O12. The Morgan fingerprint density at radius 1 is 0.368 bits per heavy atom.